The van der Waals surface area contributed by atoms with Gasteiger partial charge in [-0.25, -0.2) is 0 Å². The van der Waals surface area contributed by atoms with Crippen LogP contribution in [0.15, 0.2) is 0 Å². The second kappa shape index (κ2) is 8.23. The number of aliphatic hydroxyl groups is 1. The topological polar surface area (TPSA) is 92.2 Å². The minimum atomic E-state index is -0.830. The van der Waals surface area contributed by atoms with Gasteiger partial charge in [-0.05, 0) is 34.0 Å². The zero-order chi connectivity index (χ0) is 15.9. The quantitative estimate of drug-likeness (QED) is 0.633. The third-order valence-electron chi connectivity index (χ3n) is 2.37. The molecule has 3 N–H and O–H groups in total. The Kier molecular flexibility index (Phi) is 6.97. The molecule has 0 spiro atoms. The fourth-order valence-electron chi connectivity index (χ4n) is 1.57. The summed E-state index contributed by atoms with van der Waals surface area (Å²) in [7, 11) is 0. The van der Waals surface area contributed by atoms with E-state index >= 15 is 0 Å². The van der Waals surface area contributed by atoms with E-state index in [1.807, 2.05) is 27.0 Å². The summed E-state index contributed by atoms with van der Waals surface area (Å²) in [6.07, 6.45) is 1.93. The average Bonchev–Trinajstić information content (AvgIpc) is 2.36. The molecular weight excluding hydrogens is 290 g/mol. The molecule has 21 heavy (non-hydrogen) atoms. The predicted molar refractivity (Wildman–Crippen MR) is 87.3 cm³/mol. The molecule has 0 aliphatic carbocycles. The summed E-state index contributed by atoms with van der Waals surface area (Å²) < 4.78 is 5.51. The Labute approximate surface area is 130 Å². The van der Waals surface area contributed by atoms with E-state index in [1.165, 1.54) is 0 Å². The highest BCUT2D eigenvalue weighted by molar-refractivity contribution is 7.98. The van der Waals surface area contributed by atoms with E-state index in [2.05, 4.69) is 25.6 Å². The Morgan fingerprint density at radius 3 is 2.38 bits per heavy atom. The van der Waals surface area contributed by atoms with Gasteiger partial charge >= 0.3 is 6.01 Å². The molecule has 0 saturated carbocycles. The Hall–Kier alpha value is -1.28. The van der Waals surface area contributed by atoms with Gasteiger partial charge in [-0.2, -0.15) is 26.7 Å². The van der Waals surface area contributed by atoms with Crippen molar-refractivity contribution >= 4 is 23.7 Å². The largest absolute Gasteiger partial charge is 0.461 e. The van der Waals surface area contributed by atoms with Crippen molar-refractivity contribution in [2.24, 2.45) is 0 Å². The first-order valence-corrected chi connectivity index (χ1v) is 8.37. The summed E-state index contributed by atoms with van der Waals surface area (Å²) in [6, 6.07) is 0.267. The van der Waals surface area contributed by atoms with Crippen molar-refractivity contribution in [1.29, 1.82) is 0 Å². The molecule has 1 heterocycles. The molecule has 0 radical (unpaired) electrons. The highest BCUT2D eigenvalue weighted by Crippen LogP contribution is 2.15. The fraction of sp³-hybridized carbons (Fsp3) is 0.769. The van der Waals surface area contributed by atoms with Crippen molar-refractivity contribution in [3.05, 3.63) is 0 Å². The van der Waals surface area contributed by atoms with Gasteiger partial charge in [-0.1, -0.05) is 0 Å². The van der Waals surface area contributed by atoms with Gasteiger partial charge in [0.05, 0.1) is 11.7 Å². The maximum Gasteiger partial charge on any atom is 0.323 e. The van der Waals surface area contributed by atoms with Crippen LogP contribution in [0.25, 0.3) is 0 Å². The Morgan fingerprint density at radius 2 is 1.86 bits per heavy atom. The summed E-state index contributed by atoms with van der Waals surface area (Å²) in [5, 5.41) is 16.2. The van der Waals surface area contributed by atoms with Crippen LogP contribution in [0.2, 0.25) is 0 Å². The van der Waals surface area contributed by atoms with Crippen LogP contribution < -0.4 is 15.4 Å². The Morgan fingerprint density at radius 1 is 1.24 bits per heavy atom. The van der Waals surface area contributed by atoms with Crippen LogP contribution in [0.4, 0.5) is 11.9 Å². The number of nitrogens with one attached hydrogen (secondary N) is 2. The van der Waals surface area contributed by atoms with E-state index in [0.29, 0.717) is 30.7 Å². The van der Waals surface area contributed by atoms with E-state index in [1.54, 1.807) is 18.7 Å². The lowest BCUT2D eigenvalue weighted by atomic mass is 10.1. The number of rotatable bonds is 9. The molecule has 8 heteroatoms. The van der Waals surface area contributed by atoms with Crippen LogP contribution in [0.1, 0.15) is 27.7 Å². The minimum Gasteiger partial charge on any atom is -0.461 e. The van der Waals surface area contributed by atoms with Crippen LogP contribution in [0, 0.1) is 0 Å². The Bertz CT molecular complexity index is 443. The number of hydrogen-bond acceptors (Lipinski definition) is 8. The minimum absolute atomic E-state index is 0.0191. The summed E-state index contributed by atoms with van der Waals surface area (Å²) in [4.78, 5) is 12.6. The molecule has 1 rings (SSSR count). The molecule has 120 valence electrons. The second-order valence-corrected chi connectivity index (χ2v) is 6.11. The number of anilines is 2. The summed E-state index contributed by atoms with van der Waals surface area (Å²) in [6.45, 7) is 8.61. The van der Waals surface area contributed by atoms with E-state index in [4.69, 9.17) is 4.74 Å². The van der Waals surface area contributed by atoms with Crippen LogP contribution in [-0.2, 0) is 0 Å². The van der Waals surface area contributed by atoms with E-state index in [-0.39, 0.29) is 12.1 Å². The number of hydrogen-bond donors (Lipinski definition) is 3. The van der Waals surface area contributed by atoms with Gasteiger partial charge in [-0.15, -0.1) is 0 Å². The van der Waals surface area contributed by atoms with Crippen LogP contribution in [0.3, 0.4) is 0 Å². The predicted octanol–water partition coefficient (Wildman–Crippen LogP) is 1.62. The standard InChI is InChI=1S/C13H25N5O2S/c1-6-14-10-16-11(15-7-13(4,19)8-21-5)18-12(17-10)20-9(2)3/h9,19H,6-8H2,1-5H3,(H2,14,15,16,17,18). The van der Waals surface area contributed by atoms with Gasteiger partial charge in [0.1, 0.15) is 0 Å². The lowest BCUT2D eigenvalue weighted by molar-refractivity contribution is 0.0994. The maximum atomic E-state index is 10.2. The molecule has 0 fully saturated rings. The first kappa shape index (κ1) is 17.8. The smallest absolute Gasteiger partial charge is 0.323 e. The van der Waals surface area contributed by atoms with E-state index < -0.39 is 5.60 Å². The average molecular weight is 315 g/mol. The molecule has 1 aromatic heterocycles. The lowest BCUT2D eigenvalue weighted by Gasteiger charge is -2.22. The maximum absolute atomic E-state index is 10.2. The third kappa shape index (κ3) is 6.81. The van der Waals surface area contributed by atoms with E-state index in [0.717, 1.165) is 0 Å². The third-order valence-corrected chi connectivity index (χ3v) is 3.28. The SMILES string of the molecule is CCNc1nc(NCC(C)(O)CSC)nc(OC(C)C)n1. The first-order valence-electron chi connectivity index (χ1n) is 6.98. The van der Waals surface area contributed by atoms with Gasteiger partial charge in [0.15, 0.2) is 0 Å². The number of thioether (sulfide) groups is 1. The number of ether oxygens (including phenoxy) is 1. The molecule has 0 bridgehead atoms. The van der Waals surface area contributed by atoms with E-state index in [9.17, 15) is 5.11 Å². The van der Waals surface area contributed by atoms with Gasteiger partial charge < -0.3 is 20.5 Å². The molecule has 0 amide bonds. The fourth-order valence-corrected chi connectivity index (χ4v) is 2.29. The summed E-state index contributed by atoms with van der Waals surface area (Å²) in [5.41, 5.74) is -0.830. The molecule has 7 nitrogen and oxygen atoms in total. The van der Waals surface area contributed by atoms with Gasteiger partial charge in [0.25, 0.3) is 0 Å². The summed E-state index contributed by atoms with van der Waals surface area (Å²) >= 11 is 1.59. The van der Waals surface area contributed by atoms with Gasteiger partial charge in [-0.3, -0.25) is 0 Å². The van der Waals surface area contributed by atoms with Crippen molar-refractivity contribution in [2.45, 2.75) is 39.4 Å². The van der Waals surface area contributed by atoms with Crippen molar-refractivity contribution in [3.8, 4) is 6.01 Å². The van der Waals surface area contributed by atoms with Gasteiger partial charge in [0, 0.05) is 18.8 Å². The lowest BCUT2D eigenvalue weighted by Crippen LogP contribution is -2.36. The highest BCUT2D eigenvalue weighted by atomic mass is 32.2. The van der Waals surface area contributed by atoms with Crippen LogP contribution in [0.5, 0.6) is 6.01 Å². The van der Waals surface area contributed by atoms with Crippen LogP contribution >= 0.6 is 11.8 Å². The van der Waals surface area contributed by atoms with Crippen molar-refractivity contribution in [1.82, 2.24) is 15.0 Å². The molecule has 1 aromatic rings. The molecular formula is C13H25N5O2S. The zero-order valence-corrected chi connectivity index (χ0v) is 14.1. The van der Waals surface area contributed by atoms with Gasteiger partial charge in [0.2, 0.25) is 11.9 Å². The van der Waals surface area contributed by atoms with Crippen molar-refractivity contribution < 1.29 is 9.84 Å². The first-order chi connectivity index (χ1) is 9.86. The molecule has 1 unspecified atom stereocenters. The highest BCUT2D eigenvalue weighted by Gasteiger charge is 2.20. The molecule has 1 atom stereocenters. The number of aromatic nitrogens is 3. The zero-order valence-electron chi connectivity index (χ0n) is 13.3. The monoisotopic (exact) mass is 315 g/mol. The normalized spacial score (nSPS) is 13.9. The second-order valence-electron chi connectivity index (χ2n) is 5.25. The molecule has 0 aliphatic rings. The Balaban J connectivity index is 2.82. The molecule has 0 aliphatic heterocycles. The van der Waals surface area contributed by atoms with Crippen molar-refractivity contribution in [3.63, 3.8) is 0 Å². The van der Waals surface area contributed by atoms with Crippen molar-refractivity contribution in [2.75, 3.05) is 35.7 Å². The number of nitrogens with zero attached hydrogens (tertiary/aromatic N) is 3. The summed E-state index contributed by atoms with van der Waals surface area (Å²) in [5.74, 6) is 1.47. The molecule has 0 aromatic carbocycles. The van der Waals surface area contributed by atoms with Crippen LogP contribution in [-0.4, -0.2) is 56.9 Å². The molecule has 0 saturated heterocycles.